The minimum absolute atomic E-state index is 0.0204. The van der Waals surface area contributed by atoms with Crippen LogP contribution < -0.4 is 0 Å². The summed E-state index contributed by atoms with van der Waals surface area (Å²) in [5.41, 5.74) is 1.66. The lowest BCUT2D eigenvalue weighted by molar-refractivity contribution is -0.156. The summed E-state index contributed by atoms with van der Waals surface area (Å²) in [7, 11) is 0. The largest absolute Gasteiger partial charge is 0.292 e. The second-order valence-corrected chi connectivity index (χ2v) is 10.6. The summed E-state index contributed by atoms with van der Waals surface area (Å²) < 4.78 is 0. The minimum atomic E-state index is -1.06. The van der Waals surface area contributed by atoms with Crippen LogP contribution in [-0.2, 0) is 9.59 Å². The quantitative estimate of drug-likeness (QED) is 0.356. The normalized spacial score (nSPS) is 30.7. The summed E-state index contributed by atoms with van der Waals surface area (Å²) in [6, 6.07) is 12.2. The van der Waals surface area contributed by atoms with Crippen molar-refractivity contribution in [3.8, 4) is 0 Å². The maximum absolute atomic E-state index is 13.8. The zero-order chi connectivity index (χ0) is 24.6. The first-order valence-corrected chi connectivity index (χ1v) is 12.4. The zero-order valence-corrected chi connectivity index (χ0v) is 20.2. The van der Waals surface area contributed by atoms with E-state index in [0.717, 1.165) is 22.0 Å². The molecule has 178 valence electrons. The second kappa shape index (κ2) is 7.89. The highest BCUT2D eigenvalue weighted by atomic mass is 35.5. The van der Waals surface area contributed by atoms with E-state index in [1.54, 1.807) is 43.3 Å². The number of ketones is 1. The number of aryl methyl sites for hydroxylation is 1. The Bertz CT molecular complexity index is 1250. The van der Waals surface area contributed by atoms with Gasteiger partial charge in [0.1, 0.15) is 6.04 Å². The molecule has 2 saturated carbocycles. The number of hydrogen-bond acceptors (Lipinski definition) is 4. The van der Waals surface area contributed by atoms with E-state index in [-0.39, 0.29) is 35.0 Å². The number of hydrogen-bond donors (Lipinski definition) is 0. The van der Waals surface area contributed by atoms with Gasteiger partial charge >= 0.3 is 0 Å². The number of nitrogens with zero attached hydrogens (tertiary/aromatic N) is 2. The number of carbonyl (C=O) groups excluding carboxylic acids is 4. The van der Waals surface area contributed by atoms with E-state index in [1.807, 2.05) is 19.1 Å². The molecule has 3 fully saturated rings. The molecule has 2 aromatic carbocycles. The molecule has 1 heterocycles. The molecule has 0 aromatic heterocycles. The Kier molecular flexibility index (Phi) is 5.01. The van der Waals surface area contributed by atoms with Gasteiger partial charge in [-0.3, -0.25) is 19.2 Å². The molecule has 1 saturated heterocycles. The van der Waals surface area contributed by atoms with Gasteiger partial charge in [-0.05, 0) is 68.2 Å². The maximum Gasteiger partial charge on any atom is 0.273 e. The van der Waals surface area contributed by atoms with Crippen LogP contribution >= 0.6 is 11.6 Å². The van der Waals surface area contributed by atoms with Gasteiger partial charge in [-0.15, -0.1) is 0 Å². The highest BCUT2D eigenvalue weighted by Crippen LogP contribution is 2.65. The van der Waals surface area contributed by atoms with Crippen LogP contribution in [0.3, 0.4) is 0 Å². The third-order valence-corrected chi connectivity index (χ3v) is 8.49. The van der Waals surface area contributed by atoms with Crippen molar-refractivity contribution < 1.29 is 19.2 Å². The lowest BCUT2D eigenvalue weighted by atomic mass is 9.63. The van der Waals surface area contributed by atoms with Crippen LogP contribution in [0.2, 0.25) is 5.02 Å². The van der Waals surface area contributed by atoms with Gasteiger partial charge in [0.05, 0.1) is 11.8 Å². The van der Waals surface area contributed by atoms with Crippen molar-refractivity contribution in [2.45, 2.75) is 26.3 Å². The van der Waals surface area contributed by atoms with Crippen LogP contribution in [0.15, 0.2) is 60.7 Å². The predicted octanol–water partition coefficient (Wildman–Crippen LogP) is 4.33. The summed E-state index contributed by atoms with van der Waals surface area (Å²) in [5, 5.41) is 2.53. The molecule has 0 unspecified atom stereocenters. The van der Waals surface area contributed by atoms with E-state index in [4.69, 9.17) is 11.6 Å². The fourth-order valence-corrected chi connectivity index (χ4v) is 6.51. The van der Waals surface area contributed by atoms with Crippen molar-refractivity contribution in [1.29, 1.82) is 0 Å². The van der Waals surface area contributed by atoms with Gasteiger partial charge in [-0.2, -0.15) is 5.01 Å². The van der Waals surface area contributed by atoms with Gasteiger partial charge in [-0.1, -0.05) is 53.6 Å². The van der Waals surface area contributed by atoms with Crippen molar-refractivity contribution in [3.63, 3.8) is 0 Å². The van der Waals surface area contributed by atoms with E-state index < -0.39 is 23.8 Å². The van der Waals surface area contributed by atoms with Gasteiger partial charge in [0, 0.05) is 16.1 Å². The molecule has 4 aliphatic carbocycles. The van der Waals surface area contributed by atoms with Crippen molar-refractivity contribution in [1.82, 2.24) is 10.0 Å². The van der Waals surface area contributed by atoms with Gasteiger partial charge in [0.15, 0.2) is 5.78 Å². The van der Waals surface area contributed by atoms with Crippen molar-refractivity contribution in [3.05, 3.63) is 82.4 Å². The van der Waals surface area contributed by atoms with Gasteiger partial charge in [0.25, 0.3) is 17.7 Å². The highest BCUT2D eigenvalue weighted by Gasteiger charge is 2.68. The fraction of sp³-hybridized carbons (Fsp3) is 0.357. The highest BCUT2D eigenvalue weighted by molar-refractivity contribution is 6.30. The summed E-state index contributed by atoms with van der Waals surface area (Å²) in [4.78, 5) is 54.9. The fourth-order valence-electron chi connectivity index (χ4n) is 6.39. The van der Waals surface area contributed by atoms with Crippen molar-refractivity contribution in [2.24, 2.45) is 35.5 Å². The number of halogens is 1. The molecule has 7 rings (SSSR count). The first-order chi connectivity index (χ1) is 16.8. The van der Waals surface area contributed by atoms with Crippen LogP contribution in [-0.4, -0.2) is 39.6 Å². The smallest absolute Gasteiger partial charge is 0.273 e. The zero-order valence-electron chi connectivity index (χ0n) is 19.4. The Morgan fingerprint density at radius 2 is 1.40 bits per heavy atom. The second-order valence-electron chi connectivity index (χ2n) is 10.2. The Labute approximate surface area is 208 Å². The van der Waals surface area contributed by atoms with E-state index in [9.17, 15) is 19.2 Å². The summed E-state index contributed by atoms with van der Waals surface area (Å²) in [6.45, 7) is 3.49. The molecule has 7 heteroatoms. The van der Waals surface area contributed by atoms with Gasteiger partial charge in [0.2, 0.25) is 0 Å². The van der Waals surface area contributed by atoms with E-state index in [0.29, 0.717) is 22.4 Å². The lowest BCUT2D eigenvalue weighted by Gasteiger charge is -2.37. The first kappa shape index (κ1) is 22.2. The maximum atomic E-state index is 13.8. The first-order valence-electron chi connectivity index (χ1n) is 12.0. The number of carbonyl (C=O) groups is 4. The van der Waals surface area contributed by atoms with Crippen LogP contribution in [0.1, 0.15) is 39.6 Å². The molecule has 3 amide bonds. The number of allylic oxidation sites excluding steroid dienone is 2. The predicted molar refractivity (Wildman–Crippen MR) is 129 cm³/mol. The van der Waals surface area contributed by atoms with Crippen LogP contribution in [0.5, 0.6) is 0 Å². The van der Waals surface area contributed by atoms with Gasteiger partial charge < -0.3 is 0 Å². The number of hydrazine groups is 1. The third-order valence-electron chi connectivity index (χ3n) is 8.24. The average molecular weight is 489 g/mol. The molecule has 5 aliphatic rings. The van der Waals surface area contributed by atoms with E-state index in [1.165, 1.54) is 0 Å². The molecule has 7 atom stereocenters. The number of benzene rings is 2. The summed E-state index contributed by atoms with van der Waals surface area (Å²) in [5.74, 6) is -1.70. The molecular formula is C28H25ClN2O4. The summed E-state index contributed by atoms with van der Waals surface area (Å²) >= 11 is 6.01. The summed E-state index contributed by atoms with van der Waals surface area (Å²) in [6.07, 6.45) is 5.22. The molecule has 0 spiro atoms. The van der Waals surface area contributed by atoms with Gasteiger partial charge in [-0.25, -0.2) is 5.01 Å². The standard InChI is InChI=1S/C28H25ClN2O4/c1-14-3-5-16(6-4-14)25(32)15(2)30(26(33)17-7-9-18(29)10-8-17)31-27(34)23-19-11-12-20(22-13-21(19)22)24(23)28(31)35/h3-12,15,19-24H,13H2,1-2H3/t15-,19-,20-,21-,22-,23-,24+/m0/s1. The molecule has 0 radical (unpaired) electrons. The van der Waals surface area contributed by atoms with Crippen molar-refractivity contribution >= 4 is 35.1 Å². The molecule has 6 nitrogen and oxygen atoms in total. The number of amides is 3. The lowest BCUT2D eigenvalue weighted by Crippen LogP contribution is -2.56. The van der Waals surface area contributed by atoms with Crippen molar-refractivity contribution in [2.75, 3.05) is 0 Å². The molecular weight excluding hydrogens is 464 g/mol. The molecule has 1 aliphatic heterocycles. The van der Waals surface area contributed by atoms with Crippen LogP contribution in [0.4, 0.5) is 0 Å². The van der Waals surface area contributed by atoms with Crippen LogP contribution in [0, 0.1) is 42.4 Å². The molecule has 2 aromatic rings. The molecule has 35 heavy (non-hydrogen) atoms. The Morgan fingerprint density at radius 3 is 1.94 bits per heavy atom. The number of Topliss-reactive ketones (excluding diaryl/α,β-unsaturated/α-hetero) is 1. The third kappa shape index (κ3) is 3.30. The average Bonchev–Trinajstić information content (AvgIpc) is 3.64. The van der Waals surface area contributed by atoms with E-state index >= 15 is 0 Å². The Hall–Kier alpha value is -3.25. The Balaban J connectivity index is 1.40. The number of imide groups is 1. The Morgan fingerprint density at radius 1 is 0.886 bits per heavy atom. The van der Waals surface area contributed by atoms with Crippen LogP contribution in [0.25, 0.3) is 0 Å². The minimum Gasteiger partial charge on any atom is -0.292 e. The van der Waals surface area contributed by atoms with E-state index in [2.05, 4.69) is 12.2 Å². The number of rotatable bonds is 5. The monoisotopic (exact) mass is 488 g/mol. The topological polar surface area (TPSA) is 74.8 Å². The SMILES string of the molecule is Cc1ccc(C(=O)[C@H](C)N(C(=O)c2ccc(Cl)cc2)N2C(=O)[C@@H]3[C@H]4C=C[C@@H]([C@@H]5C[C@@H]45)[C@@H]3C2=O)cc1. The molecule has 0 N–H and O–H groups in total. The molecule has 2 bridgehead atoms.